The molecule has 1 saturated heterocycles. The molecule has 1 aromatic rings. The molecule has 0 saturated carbocycles. The molecule has 2 atom stereocenters. The first kappa shape index (κ1) is 13.8. The normalized spacial score (nSPS) is 23.7. The number of nitrogens with zero attached hydrogens (tertiary/aromatic N) is 1. The molecule has 0 spiro atoms. The van der Waals surface area contributed by atoms with Crippen molar-refractivity contribution >= 4 is 34.0 Å². The molecule has 2 rings (SSSR count). The Kier molecular flexibility index (Phi) is 4.29. The summed E-state index contributed by atoms with van der Waals surface area (Å²) in [5, 5.41) is 0. The Morgan fingerprint density at radius 2 is 1.83 bits per heavy atom. The maximum absolute atomic E-state index is 13.6. The summed E-state index contributed by atoms with van der Waals surface area (Å²) in [6, 6.07) is 3.12. The zero-order chi connectivity index (χ0) is 13.3. The van der Waals surface area contributed by atoms with Crippen LogP contribution in [0.15, 0.2) is 12.1 Å². The Bertz CT molecular complexity index is 432. The summed E-state index contributed by atoms with van der Waals surface area (Å²) in [7, 11) is 3.30. The molecule has 2 unspecified atom stereocenters. The molecule has 0 bridgehead atoms. The van der Waals surface area contributed by atoms with Crippen molar-refractivity contribution in [1.82, 2.24) is 0 Å². The largest absolute Gasteiger partial charge is 0.397 e. The lowest BCUT2D eigenvalue weighted by Gasteiger charge is -2.20. The molecule has 4 nitrogen and oxygen atoms in total. The maximum atomic E-state index is 13.6. The first-order chi connectivity index (χ1) is 8.56. The molecule has 6 heteroatoms. The number of ether oxygens (including phenoxy) is 2. The predicted molar refractivity (Wildman–Crippen MR) is 77.3 cm³/mol. The minimum atomic E-state index is -0.255. The third-order valence-corrected chi connectivity index (χ3v) is 4.06. The van der Waals surface area contributed by atoms with Gasteiger partial charge in [0.2, 0.25) is 0 Å². The van der Waals surface area contributed by atoms with E-state index in [1.807, 2.05) is 27.5 Å². The predicted octanol–water partition coefficient (Wildman–Crippen LogP) is 1.86. The van der Waals surface area contributed by atoms with Crippen LogP contribution in [0.1, 0.15) is 0 Å². The molecular formula is C12H16FIN2O2. The minimum absolute atomic E-state index is 0.0169. The molecule has 1 fully saturated rings. The van der Waals surface area contributed by atoms with E-state index in [-0.39, 0.29) is 18.0 Å². The van der Waals surface area contributed by atoms with Crippen LogP contribution in [0, 0.1) is 9.39 Å². The van der Waals surface area contributed by atoms with E-state index >= 15 is 0 Å². The lowest BCUT2D eigenvalue weighted by atomic mass is 10.2. The van der Waals surface area contributed by atoms with Crippen molar-refractivity contribution in [2.45, 2.75) is 12.2 Å². The fourth-order valence-corrected chi connectivity index (χ4v) is 2.71. The summed E-state index contributed by atoms with van der Waals surface area (Å²) >= 11 is 1.93. The summed E-state index contributed by atoms with van der Waals surface area (Å²) in [6.45, 7) is 1.30. The molecule has 18 heavy (non-hydrogen) atoms. The summed E-state index contributed by atoms with van der Waals surface area (Å²) in [4.78, 5) is 2.00. The van der Waals surface area contributed by atoms with E-state index in [2.05, 4.69) is 0 Å². The Morgan fingerprint density at radius 3 is 2.33 bits per heavy atom. The second kappa shape index (κ2) is 5.58. The van der Waals surface area contributed by atoms with Crippen LogP contribution < -0.4 is 10.6 Å². The van der Waals surface area contributed by atoms with Crippen molar-refractivity contribution in [3.63, 3.8) is 0 Å². The Hall–Kier alpha value is -0.600. The molecular weight excluding hydrogens is 350 g/mol. The van der Waals surface area contributed by atoms with E-state index in [4.69, 9.17) is 15.2 Å². The lowest BCUT2D eigenvalue weighted by molar-refractivity contribution is -0.00461. The van der Waals surface area contributed by atoms with Crippen LogP contribution in [0.4, 0.5) is 15.8 Å². The molecule has 1 heterocycles. The van der Waals surface area contributed by atoms with E-state index < -0.39 is 0 Å². The topological polar surface area (TPSA) is 47.7 Å². The van der Waals surface area contributed by atoms with E-state index in [1.54, 1.807) is 20.3 Å². The SMILES string of the molecule is COC1CN(c2cc(F)c(I)cc2N)CC1OC. The van der Waals surface area contributed by atoms with Gasteiger partial charge in [-0.1, -0.05) is 0 Å². The first-order valence-corrected chi connectivity index (χ1v) is 6.69. The molecule has 0 radical (unpaired) electrons. The summed E-state index contributed by atoms with van der Waals surface area (Å²) in [6.07, 6.45) is -0.0338. The van der Waals surface area contributed by atoms with Crippen molar-refractivity contribution in [3.8, 4) is 0 Å². The van der Waals surface area contributed by atoms with E-state index in [0.717, 1.165) is 0 Å². The first-order valence-electron chi connectivity index (χ1n) is 5.62. The van der Waals surface area contributed by atoms with Gasteiger partial charge in [-0.25, -0.2) is 4.39 Å². The molecule has 100 valence electrons. The van der Waals surface area contributed by atoms with Gasteiger partial charge >= 0.3 is 0 Å². The molecule has 1 aliphatic heterocycles. The standard InChI is InChI=1S/C12H16FIN2O2/c1-17-11-5-16(6-12(11)18-2)10-3-7(13)8(14)4-9(10)15/h3-4,11-12H,5-6,15H2,1-2H3. The van der Waals surface area contributed by atoms with Crippen molar-refractivity contribution in [1.29, 1.82) is 0 Å². The average molecular weight is 366 g/mol. The Morgan fingerprint density at radius 1 is 1.28 bits per heavy atom. The number of nitrogen functional groups attached to an aromatic ring is 1. The number of hydrogen-bond acceptors (Lipinski definition) is 4. The number of anilines is 2. The Labute approximate surface area is 119 Å². The maximum Gasteiger partial charge on any atom is 0.138 e. The fourth-order valence-electron chi connectivity index (χ4n) is 2.22. The van der Waals surface area contributed by atoms with E-state index in [0.29, 0.717) is 28.0 Å². The third-order valence-electron chi connectivity index (χ3n) is 3.23. The summed E-state index contributed by atoms with van der Waals surface area (Å²) in [5.41, 5.74) is 7.23. The zero-order valence-electron chi connectivity index (χ0n) is 10.3. The highest BCUT2D eigenvalue weighted by Crippen LogP contribution is 2.31. The second-order valence-corrected chi connectivity index (χ2v) is 5.44. The van der Waals surface area contributed by atoms with Crippen LogP contribution in [0.25, 0.3) is 0 Å². The quantitative estimate of drug-likeness (QED) is 0.656. The number of methoxy groups -OCH3 is 2. The molecule has 0 aromatic heterocycles. The van der Waals surface area contributed by atoms with Crippen LogP contribution in [-0.2, 0) is 9.47 Å². The zero-order valence-corrected chi connectivity index (χ0v) is 12.5. The van der Waals surface area contributed by atoms with Crippen molar-refractivity contribution in [2.75, 3.05) is 37.9 Å². The molecule has 1 aliphatic rings. The van der Waals surface area contributed by atoms with Gasteiger partial charge in [0, 0.05) is 33.4 Å². The highest BCUT2D eigenvalue weighted by molar-refractivity contribution is 14.1. The number of halogens is 2. The van der Waals surface area contributed by atoms with Gasteiger partial charge in [-0.05, 0) is 28.7 Å². The number of benzene rings is 1. The lowest BCUT2D eigenvalue weighted by Crippen LogP contribution is -2.27. The highest BCUT2D eigenvalue weighted by atomic mass is 127. The average Bonchev–Trinajstić information content (AvgIpc) is 2.76. The van der Waals surface area contributed by atoms with Gasteiger partial charge < -0.3 is 20.1 Å². The Balaban J connectivity index is 2.25. The number of nitrogens with two attached hydrogens (primary N) is 1. The third kappa shape index (κ3) is 2.55. The second-order valence-electron chi connectivity index (χ2n) is 4.28. The monoisotopic (exact) mass is 366 g/mol. The van der Waals surface area contributed by atoms with Crippen molar-refractivity contribution in [2.24, 2.45) is 0 Å². The highest BCUT2D eigenvalue weighted by Gasteiger charge is 2.34. The summed E-state index contributed by atoms with van der Waals surface area (Å²) < 4.78 is 24.9. The van der Waals surface area contributed by atoms with Gasteiger partial charge in [0.25, 0.3) is 0 Å². The summed E-state index contributed by atoms with van der Waals surface area (Å²) in [5.74, 6) is -0.255. The molecule has 0 aliphatic carbocycles. The van der Waals surface area contributed by atoms with Gasteiger partial charge in [0.05, 0.1) is 14.9 Å². The smallest absolute Gasteiger partial charge is 0.138 e. The van der Waals surface area contributed by atoms with Crippen LogP contribution >= 0.6 is 22.6 Å². The van der Waals surface area contributed by atoms with Gasteiger partial charge in [-0.3, -0.25) is 0 Å². The molecule has 1 aromatic carbocycles. The van der Waals surface area contributed by atoms with Gasteiger partial charge in [0.15, 0.2) is 0 Å². The van der Waals surface area contributed by atoms with Gasteiger partial charge in [0.1, 0.15) is 18.0 Å². The number of rotatable bonds is 3. The molecule has 0 amide bonds. The van der Waals surface area contributed by atoms with Crippen LogP contribution in [0.5, 0.6) is 0 Å². The van der Waals surface area contributed by atoms with E-state index in [9.17, 15) is 4.39 Å². The molecule has 2 N–H and O–H groups in total. The van der Waals surface area contributed by atoms with E-state index in [1.165, 1.54) is 6.07 Å². The van der Waals surface area contributed by atoms with Crippen LogP contribution in [0.2, 0.25) is 0 Å². The van der Waals surface area contributed by atoms with Gasteiger partial charge in [-0.2, -0.15) is 0 Å². The van der Waals surface area contributed by atoms with Crippen molar-refractivity contribution < 1.29 is 13.9 Å². The fraction of sp³-hybridized carbons (Fsp3) is 0.500. The van der Waals surface area contributed by atoms with Crippen LogP contribution in [0.3, 0.4) is 0 Å². The van der Waals surface area contributed by atoms with Crippen molar-refractivity contribution in [3.05, 3.63) is 21.5 Å². The van der Waals surface area contributed by atoms with Crippen LogP contribution in [-0.4, -0.2) is 39.5 Å². The number of hydrogen-bond donors (Lipinski definition) is 1. The van der Waals surface area contributed by atoms with Gasteiger partial charge in [-0.15, -0.1) is 0 Å². The minimum Gasteiger partial charge on any atom is -0.397 e.